The predicted molar refractivity (Wildman–Crippen MR) is 66.9 cm³/mol. The summed E-state index contributed by atoms with van der Waals surface area (Å²) in [5.74, 6) is -1.39. The van der Waals surface area contributed by atoms with E-state index >= 15 is 0 Å². The monoisotopic (exact) mass is 290 g/mol. The number of carbonyl (C=O) groups is 2. The zero-order valence-corrected chi connectivity index (χ0v) is 11.6. The van der Waals surface area contributed by atoms with E-state index in [9.17, 15) is 18.0 Å². The number of likely N-dealkylation sites (tertiary alicyclic amines) is 1. The fourth-order valence-corrected chi connectivity index (χ4v) is 3.98. The second-order valence-corrected chi connectivity index (χ2v) is 6.99. The van der Waals surface area contributed by atoms with Crippen molar-refractivity contribution in [3.8, 4) is 0 Å². The Morgan fingerprint density at radius 2 is 1.68 bits per heavy atom. The number of carboxylic acid groups (broad SMARTS) is 1. The highest BCUT2D eigenvalue weighted by atomic mass is 32.2. The van der Waals surface area contributed by atoms with Crippen molar-refractivity contribution in [2.75, 3.05) is 19.3 Å². The lowest BCUT2D eigenvalue weighted by molar-refractivity contribution is -0.149. The minimum atomic E-state index is -3.43. The highest BCUT2D eigenvalue weighted by molar-refractivity contribution is 7.88. The molecule has 2 unspecified atom stereocenters. The van der Waals surface area contributed by atoms with Crippen molar-refractivity contribution in [3.05, 3.63) is 0 Å². The zero-order chi connectivity index (χ0) is 14.2. The summed E-state index contributed by atoms with van der Waals surface area (Å²) in [4.78, 5) is 24.8. The average Bonchev–Trinajstić information content (AvgIpc) is 2.96. The molecule has 2 atom stereocenters. The Kier molecular flexibility index (Phi) is 3.82. The van der Waals surface area contributed by atoms with Crippen LogP contribution < -0.4 is 0 Å². The maximum Gasteiger partial charge on any atom is 0.326 e. The second kappa shape index (κ2) is 5.09. The number of amides is 1. The number of carbonyl (C=O) groups excluding carboxylic acids is 1. The number of sulfonamides is 1. The van der Waals surface area contributed by atoms with Crippen LogP contribution in [0, 0.1) is 0 Å². The van der Waals surface area contributed by atoms with Gasteiger partial charge in [-0.2, -0.15) is 4.31 Å². The van der Waals surface area contributed by atoms with Gasteiger partial charge in [-0.3, -0.25) is 4.79 Å². The maximum atomic E-state index is 12.4. The molecule has 7 nitrogen and oxygen atoms in total. The first kappa shape index (κ1) is 14.3. The second-order valence-electron chi connectivity index (χ2n) is 5.06. The highest BCUT2D eigenvalue weighted by Gasteiger charge is 2.43. The van der Waals surface area contributed by atoms with Gasteiger partial charge in [-0.25, -0.2) is 13.2 Å². The first-order valence-corrected chi connectivity index (χ1v) is 8.17. The fourth-order valence-electron chi connectivity index (χ4n) is 2.86. The molecular weight excluding hydrogens is 272 g/mol. The molecule has 19 heavy (non-hydrogen) atoms. The Morgan fingerprint density at radius 3 is 2.26 bits per heavy atom. The molecular formula is C11H18N2O5S. The predicted octanol–water partition coefficient (Wildman–Crippen LogP) is -0.514. The summed E-state index contributed by atoms with van der Waals surface area (Å²) in [5, 5.41) is 9.08. The molecule has 2 rings (SSSR count). The molecule has 0 spiro atoms. The van der Waals surface area contributed by atoms with Crippen LogP contribution in [0.15, 0.2) is 0 Å². The Bertz CT molecular complexity index is 489. The average molecular weight is 290 g/mol. The molecule has 0 saturated carbocycles. The van der Waals surface area contributed by atoms with Crippen molar-refractivity contribution in [3.63, 3.8) is 0 Å². The van der Waals surface area contributed by atoms with E-state index in [1.54, 1.807) is 0 Å². The molecule has 0 aliphatic carbocycles. The van der Waals surface area contributed by atoms with Gasteiger partial charge in [0.25, 0.3) is 0 Å². The van der Waals surface area contributed by atoms with Crippen LogP contribution in [0.25, 0.3) is 0 Å². The number of rotatable bonds is 3. The van der Waals surface area contributed by atoms with E-state index in [0.717, 1.165) is 6.26 Å². The summed E-state index contributed by atoms with van der Waals surface area (Å²) >= 11 is 0. The summed E-state index contributed by atoms with van der Waals surface area (Å²) in [6.45, 7) is 0.727. The van der Waals surface area contributed by atoms with E-state index in [2.05, 4.69) is 0 Å². The Labute approximate surface area is 112 Å². The first-order valence-electron chi connectivity index (χ1n) is 6.32. The third kappa shape index (κ3) is 2.74. The van der Waals surface area contributed by atoms with Gasteiger partial charge in [-0.1, -0.05) is 0 Å². The van der Waals surface area contributed by atoms with Crippen LogP contribution in [-0.2, 0) is 19.6 Å². The topological polar surface area (TPSA) is 95.0 Å². The molecule has 2 aliphatic rings. The molecule has 0 aromatic rings. The molecule has 2 fully saturated rings. The zero-order valence-electron chi connectivity index (χ0n) is 10.8. The van der Waals surface area contributed by atoms with Crippen molar-refractivity contribution in [2.24, 2.45) is 0 Å². The van der Waals surface area contributed by atoms with Gasteiger partial charge in [0.05, 0.1) is 6.26 Å². The molecule has 0 radical (unpaired) electrons. The number of carboxylic acids is 1. The molecule has 0 aromatic carbocycles. The van der Waals surface area contributed by atoms with E-state index in [-0.39, 0.29) is 5.91 Å². The number of aliphatic carboxylic acids is 1. The van der Waals surface area contributed by atoms with Crippen molar-refractivity contribution < 1.29 is 23.1 Å². The van der Waals surface area contributed by atoms with Gasteiger partial charge < -0.3 is 10.0 Å². The van der Waals surface area contributed by atoms with Gasteiger partial charge in [0, 0.05) is 13.1 Å². The molecule has 8 heteroatoms. The van der Waals surface area contributed by atoms with E-state index in [1.807, 2.05) is 0 Å². The van der Waals surface area contributed by atoms with Crippen LogP contribution in [0.5, 0.6) is 0 Å². The number of nitrogens with zero attached hydrogens (tertiary/aromatic N) is 2. The SMILES string of the molecule is CS(=O)(=O)N1CCCC1C(=O)N1CCCC1C(=O)O. The van der Waals surface area contributed by atoms with Crippen LogP contribution >= 0.6 is 0 Å². The normalized spacial score (nSPS) is 28.8. The summed E-state index contributed by atoms with van der Waals surface area (Å²) in [7, 11) is -3.43. The Balaban J connectivity index is 2.17. The molecule has 0 aromatic heterocycles. The molecule has 0 bridgehead atoms. The van der Waals surface area contributed by atoms with Gasteiger partial charge in [0.15, 0.2) is 0 Å². The van der Waals surface area contributed by atoms with Gasteiger partial charge in [0.2, 0.25) is 15.9 Å². The van der Waals surface area contributed by atoms with Crippen LogP contribution in [-0.4, -0.2) is 66.0 Å². The maximum absolute atomic E-state index is 12.4. The smallest absolute Gasteiger partial charge is 0.326 e. The standard InChI is InChI=1S/C11H18N2O5S/c1-19(17,18)13-7-3-4-8(13)10(14)12-6-2-5-9(12)11(15)16/h8-9H,2-7H2,1H3,(H,15,16). The molecule has 2 saturated heterocycles. The summed E-state index contributed by atoms with van der Waals surface area (Å²) in [5.41, 5.74) is 0. The van der Waals surface area contributed by atoms with E-state index in [0.29, 0.717) is 38.8 Å². The van der Waals surface area contributed by atoms with E-state index < -0.39 is 28.1 Å². The minimum absolute atomic E-state index is 0.334. The lowest BCUT2D eigenvalue weighted by Crippen LogP contribution is -2.50. The quantitative estimate of drug-likeness (QED) is 0.755. The largest absolute Gasteiger partial charge is 0.480 e. The van der Waals surface area contributed by atoms with Crippen molar-refractivity contribution in [2.45, 2.75) is 37.8 Å². The van der Waals surface area contributed by atoms with Crippen molar-refractivity contribution >= 4 is 21.9 Å². The fraction of sp³-hybridized carbons (Fsp3) is 0.818. The Hall–Kier alpha value is -1.15. The third-order valence-corrected chi connectivity index (χ3v) is 5.02. The lowest BCUT2D eigenvalue weighted by Gasteiger charge is -2.28. The van der Waals surface area contributed by atoms with Crippen molar-refractivity contribution in [1.29, 1.82) is 0 Å². The summed E-state index contributed by atoms with van der Waals surface area (Å²) < 4.78 is 24.4. The number of hydrogen-bond donors (Lipinski definition) is 1. The van der Waals surface area contributed by atoms with Crippen LogP contribution in [0.1, 0.15) is 25.7 Å². The third-order valence-electron chi connectivity index (χ3n) is 3.74. The molecule has 1 amide bonds. The van der Waals surface area contributed by atoms with E-state index in [4.69, 9.17) is 5.11 Å². The molecule has 108 valence electrons. The van der Waals surface area contributed by atoms with Crippen LogP contribution in [0.2, 0.25) is 0 Å². The highest BCUT2D eigenvalue weighted by Crippen LogP contribution is 2.26. The summed E-state index contributed by atoms with van der Waals surface area (Å²) in [6, 6.07) is -1.54. The summed E-state index contributed by atoms with van der Waals surface area (Å²) in [6.07, 6.45) is 3.27. The van der Waals surface area contributed by atoms with Crippen molar-refractivity contribution in [1.82, 2.24) is 9.21 Å². The van der Waals surface area contributed by atoms with Crippen LogP contribution in [0.3, 0.4) is 0 Å². The van der Waals surface area contributed by atoms with E-state index in [1.165, 1.54) is 9.21 Å². The molecule has 2 aliphatic heterocycles. The van der Waals surface area contributed by atoms with Gasteiger partial charge in [0.1, 0.15) is 12.1 Å². The molecule has 1 N–H and O–H groups in total. The van der Waals surface area contributed by atoms with Crippen LogP contribution in [0.4, 0.5) is 0 Å². The van der Waals surface area contributed by atoms with Gasteiger partial charge in [-0.15, -0.1) is 0 Å². The number of hydrogen-bond acceptors (Lipinski definition) is 4. The first-order chi connectivity index (χ1) is 8.82. The van der Waals surface area contributed by atoms with Gasteiger partial charge >= 0.3 is 5.97 Å². The minimum Gasteiger partial charge on any atom is -0.480 e. The lowest BCUT2D eigenvalue weighted by atomic mass is 10.1. The molecule has 2 heterocycles. The van der Waals surface area contributed by atoms with Gasteiger partial charge in [-0.05, 0) is 25.7 Å². The Morgan fingerprint density at radius 1 is 1.11 bits per heavy atom.